The molecule has 16 aliphatic rings. The van der Waals surface area contributed by atoms with Gasteiger partial charge in [-0.05, 0) is 379 Å². The molecule has 16 saturated carbocycles. The number of aliphatic hydroxyl groups is 9. The van der Waals surface area contributed by atoms with Crippen LogP contribution in [-0.4, -0.2) is 148 Å². The van der Waals surface area contributed by atoms with Gasteiger partial charge in [0.15, 0.2) is 0 Å². The second-order valence-electron chi connectivity index (χ2n) is 45.9. The van der Waals surface area contributed by atoms with Crippen molar-refractivity contribution in [3.05, 3.63) is 0 Å². The van der Waals surface area contributed by atoms with Crippen molar-refractivity contribution >= 4 is 23.9 Å². The van der Waals surface area contributed by atoms with Gasteiger partial charge in [0.05, 0.1) is 54.9 Å². The van der Waals surface area contributed by atoms with E-state index in [0.717, 1.165) is 103 Å². The van der Waals surface area contributed by atoms with Crippen LogP contribution >= 0.6 is 0 Å². The Bertz CT molecular complexity index is 3460. The monoisotopic (exact) mass is 1580 g/mol. The van der Waals surface area contributed by atoms with E-state index < -0.39 is 71.0 Å². The molecule has 44 atom stereocenters. The van der Waals surface area contributed by atoms with Crippen molar-refractivity contribution in [2.24, 2.45) is 185 Å². The summed E-state index contributed by atoms with van der Waals surface area (Å²) in [4.78, 5) is 57.5. The molecule has 0 amide bonds. The number of carboxylic acid groups (broad SMARTS) is 1. The molecule has 17 nitrogen and oxygen atoms in total. The van der Waals surface area contributed by atoms with Gasteiger partial charge in [-0.25, -0.2) is 0 Å². The molecule has 0 radical (unpaired) electrons. The van der Waals surface area contributed by atoms with E-state index in [1.54, 1.807) is 0 Å². The number of rotatable bonds is 19. The van der Waals surface area contributed by atoms with Crippen LogP contribution in [-0.2, 0) is 33.4 Å². The van der Waals surface area contributed by atoms with Crippen molar-refractivity contribution < 1.29 is 84.5 Å². The van der Waals surface area contributed by atoms with Gasteiger partial charge in [0.1, 0.15) is 18.3 Å². The third-order valence-corrected chi connectivity index (χ3v) is 42.1. The van der Waals surface area contributed by atoms with Gasteiger partial charge in [-0.1, -0.05) is 83.1 Å². The summed E-state index contributed by atoms with van der Waals surface area (Å²) in [7, 11) is 0. The number of fused-ring (bicyclic) bond motifs is 20. The Morgan fingerprint density at radius 2 is 0.628 bits per heavy atom. The zero-order valence-electron chi connectivity index (χ0n) is 71.6. The molecular weight excluding hydrogens is 1430 g/mol. The Hall–Kier alpha value is -2.48. The van der Waals surface area contributed by atoms with E-state index in [9.17, 15) is 60.7 Å². The maximum atomic E-state index is 15.3. The van der Waals surface area contributed by atoms with Gasteiger partial charge in [0.25, 0.3) is 0 Å². The number of carboxylic acids is 1. The van der Waals surface area contributed by atoms with E-state index in [0.29, 0.717) is 103 Å². The third-order valence-electron chi connectivity index (χ3n) is 42.1. The zero-order valence-corrected chi connectivity index (χ0v) is 71.6. The van der Waals surface area contributed by atoms with Crippen molar-refractivity contribution in [1.29, 1.82) is 0 Å². The lowest BCUT2D eigenvalue weighted by atomic mass is 9.43. The van der Waals surface area contributed by atoms with Crippen LogP contribution in [0.25, 0.3) is 0 Å². The van der Waals surface area contributed by atoms with Crippen LogP contribution in [0.2, 0.25) is 0 Å². The molecule has 16 aliphatic carbocycles. The van der Waals surface area contributed by atoms with Gasteiger partial charge in [-0.3, -0.25) is 19.2 Å². The predicted molar refractivity (Wildman–Crippen MR) is 429 cm³/mol. The van der Waals surface area contributed by atoms with Crippen molar-refractivity contribution in [1.82, 2.24) is 0 Å². The Morgan fingerprint density at radius 3 is 1.00 bits per heavy atom. The number of esters is 3. The first-order valence-electron chi connectivity index (χ1n) is 47.3. The summed E-state index contributed by atoms with van der Waals surface area (Å²) in [6, 6.07) is 0. The van der Waals surface area contributed by atoms with E-state index in [4.69, 9.17) is 14.2 Å². The summed E-state index contributed by atoms with van der Waals surface area (Å²) in [5, 5.41) is 116. The third kappa shape index (κ3) is 13.6. The number of carbonyl (C=O) groups excluding carboxylic acids is 3. The summed E-state index contributed by atoms with van der Waals surface area (Å²) in [6.45, 7) is 27.6. The first kappa shape index (κ1) is 84.1. The number of ether oxygens (including phenoxy) is 3. The van der Waals surface area contributed by atoms with Gasteiger partial charge >= 0.3 is 23.9 Å². The smallest absolute Gasteiger partial charge is 0.306 e. The average molecular weight is 1580 g/mol. The minimum absolute atomic E-state index is 0.00692. The van der Waals surface area contributed by atoms with Crippen LogP contribution in [0.15, 0.2) is 0 Å². The lowest BCUT2D eigenvalue weighted by molar-refractivity contribution is -0.226. The molecular formula is C96H154O17. The Morgan fingerprint density at radius 1 is 0.319 bits per heavy atom. The molecule has 16 rings (SSSR count). The maximum absolute atomic E-state index is 15.3. The van der Waals surface area contributed by atoms with Crippen molar-refractivity contribution in [3.63, 3.8) is 0 Å². The van der Waals surface area contributed by atoms with E-state index in [1.165, 1.54) is 0 Å². The topological polar surface area (TPSA) is 298 Å². The zero-order chi connectivity index (χ0) is 80.7. The number of hydrogen-bond donors (Lipinski definition) is 10. The highest BCUT2D eigenvalue weighted by Crippen LogP contribution is 2.75. The summed E-state index contributed by atoms with van der Waals surface area (Å²) < 4.78 is 21.1. The highest BCUT2D eigenvalue weighted by Gasteiger charge is 2.72. The lowest BCUT2D eigenvalue weighted by Gasteiger charge is -2.64. The summed E-state index contributed by atoms with van der Waals surface area (Å²) >= 11 is 0. The van der Waals surface area contributed by atoms with Gasteiger partial charge < -0.3 is 65.3 Å². The molecule has 17 heteroatoms. The first-order chi connectivity index (χ1) is 53.3. The van der Waals surface area contributed by atoms with E-state index in [-0.39, 0.29) is 237 Å². The van der Waals surface area contributed by atoms with Crippen molar-refractivity contribution in [2.75, 3.05) is 0 Å². The van der Waals surface area contributed by atoms with E-state index in [2.05, 4.69) is 83.1 Å². The molecule has 0 aromatic heterocycles. The van der Waals surface area contributed by atoms with E-state index in [1.807, 2.05) is 0 Å². The van der Waals surface area contributed by atoms with Crippen LogP contribution in [0.1, 0.15) is 314 Å². The number of hydrogen-bond acceptors (Lipinski definition) is 16. The molecule has 0 heterocycles. The highest BCUT2D eigenvalue weighted by molar-refractivity contribution is 5.71. The standard InChI is InChI=1S/C96H154O17/c1-49(13-25-81(106)107)64-20-24-68-88-72(48-80(96(64,68)12)113-84(110)28-16-52(4)63-19-23-67-87-71(47-79(105)95(63,67)11)91(7)35-31-59(99)39-55(91)43-75(87)102)92(8)36-32-60(111-82(108)26-14-50(2)61-17-21-65-85-69(45-77(103)93(61,65)9)89(5)33-29-57(97)37-53(89)41-73(85)100)40-56(92)44-76(88)112-83(109)27-15-51(3)62-18-22-66-86-70(46-78(104)94(62,66)10)90(6)34-30-58(98)38-54(90)42-74(86)101/h49-80,85-88,97-105H,13-48H2,1-12H3,(H,106,107)/t49-,50-,51-,52-,53+,54+,55+,56+,57-,58-,59-,60-,61-,62-,63-,64-,65+,66+,67+,68+,69+,70+,71+,72+,73-,74-,75-,76-,77+,78+,79+,80+,85+,86+,87+,88+,89+,90+,91+,92+,93-,94-,95-,96-/m1/s1. The Labute approximate surface area is 677 Å². The molecule has 0 aliphatic heterocycles. The molecule has 0 bridgehead atoms. The number of carbonyl (C=O) groups is 4. The summed E-state index contributed by atoms with van der Waals surface area (Å²) in [5.41, 5.74) is -2.18. The summed E-state index contributed by atoms with van der Waals surface area (Å²) in [5.74, 6) is 1.32. The minimum Gasteiger partial charge on any atom is -0.481 e. The molecule has 113 heavy (non-hydrogen) atoms. The molecule has 0 saturated heterocycles. The minimum atomic E-state index is -0.833. The van der Waals surface area contributed by atoms with Crippen LogP contribution in [0, 0.1) is 185 Å². The van der Waals surface area contributed by atoms with Crippen LogP contribution < -0.4 is 0 Å². The lowest BCUT2D eigenvalue weighted by Crippen LogP contribution is -2.63. The summed E-state index contributed by atoms with van der Waals surface area (Å²) in [6.07, 6.45) is 19.5. The second kappa shape index (κ2) is 30.8. The molecule has 0 aromatic carbocycles. The van der Waals surface area contributed by atoms with Crippen LogP contribution in [0.5, 0.6) is 0 Å². The Kier molecular flexibility index (Phi) is 23.0. The molecule has 10 N–H and O–H groups in total. The fourth-order valence-electron chi connectivity index (χ4n) is 35.7. The van der Waals surface area contributed by atoms with Gasteiger partial charge in [0.2, 0.25) is 0 Å². The number of aliphatic hydroxyl groups excluding tert-OH is 9. The van der Waals surface area contributed by atoms with Crippen LogP contribution in [0.3, 0.4) is 0 Å². The van der Waals surface area contributed by atoms with Crippen LogP contribution in [0.4, 0.5) is 0 Å². The normalized spacial score (nSPS) is 54.4. The maximum Gasteiger partial charge on any atom is 0.306 e. The second-order valence-corrected chi connectivity index (χ2v) is 45.9. The Balaban J connectivity index is 0.628. The highest BCUT2D eigenvalue weighted by atomic mass is 16.6. The number of aliphatic carboxylic acids is 1. The SMILES string of the molecule is C[C@H](CCC(=O)O[C@@H]1CC[C@@]2(C)[C@@H](C1)C[C@@H](OC(=O)CC[C@@H](C)[C@H]1CC[C@H]3[C@@H]4[C@H](O)C[C@@H]5C[C@H](O)CC[C@]5(C)[C@H]4C[C@H](O)[C@]13C)[C@@H]1[C@@H]2C[C@H](OC(=O)CC[C@@H](C)[C@H]2CC[C@H]3[C@@H]4[C@H](O)C[C@@H]5C[C@H](O)CC[C@]5(C)[C@H]4C[C@H](O)[C@]23C)[C@]2(C)[C@@H]([C@H](C)CCC(=O)O)CC[C@@H]12)[C@H]1CC[C@H]2[C@@H]3[C@H](O)C[C@@H]4C[C@H](O)CC[C@]4(C)[C@H]3C[C@H](O)[C@]12C. The predicted octanol–water partition coefficient (Wildman–Crippen LogP) is 15.2. The van der Waals surface area contributed by atoms with Gasteiger partial charge in [-0.15, -0.1) is 0 Å². The average Bonchev–Trinajstić information content (AvgIpc) is 1.65. The molecule has 0 unspecified atom stereocenters. The molecule has 0 spiro atoms. The van der Waals surface area contributed by atoms with Crippen molar-refractivity contribution in [3.8, 4) is 0 Å². The first-order valence-corrected chi connectivity index (χ1v) is 47.3. The fourth-order valence-corrected chi connectivity index (χ4v) is 35.7. The molecule has 16 fully saturated rings. The quantitative estimate of drug-likeness (QED) is 0.0425. The van der Waals surface area contributed by atoms with Gasteiger partial charge in [-0.2, -0.15) is 0 Å². The van der Waals surface area contributed by atoms with Crippen molar-refractivity contribution in [2.45, 2.75) is 387 Å². The molecule has 640 valence electrons. The van der Waals surface area contributed by atoms with Gasteiger partial charge in [0, 0.05) is 37.0 Å². The largest absolute Gasteiger partial charge is 0.481 e. The fraction of sp³-hybridized carbons (Fsp3) is 0.958. The molecule has 0 aromatic rings. The van der Waals surface area contributed by atoms with E-state index >= 15 is 9.59 Å².